The van der Waals surface area contributed by atoms with E-state index in [0.29, 0.717) is 6.54 Å². The molecule has 20 heavy (non-hydrogen) atoms. The van der Waals surface area contributed by atoms with Crippen LogP contribution in [0.3, 0.4) is 0 Å². The third-order valence-corrected chi connectivity index (χ3v) is 3.83. The number of thioether (sulfide) groups is 1. The van der Waals surface area contributed by atoms with Crippen molar-refractivity contribution in [2.24, 2.45) is 5.73 Å². The van der Waals surface area contributed by atoms with E-state index in [0.717, 1.165) is 39.2 Å². The van der Waals surface area contributed by atoms with Crippen LogP contribution in [-0.2, 0) is 12.3 Å². The molecule has 0 amide bonds. The number of hydrogen-bond acceptors (Lipinski definition) is 5. The first-order valence-corrected chi connectivity index (χ1v) is 7.21. The number of nitrogens with one attached hydrogen (secondary N) is 1. The van der Waals surface area contributed by atoms with Crippen molar-refractivity contribution in [1.82, 2.24) is 9.97 Å². The van der Waals surface area contributed by atoms with E-state index in [9.17, 15) is 0 Å². The van der Waals surface area contributed by atoms with E-state index in [1.807, 2.05) is 30.3 Å². The van der Waals surface area contributed by atoms with Crippen molar-refractivity contribution in [2.45, 2.75) is 17.5 Å². The zero-order chi connectivity index (χ0) is 13.9. The fourth-order valence-electron chi connectivity index (χ4n) is 1.91. The molecule has 104 valence electrons. The molecule has 3 N–H and O–H groups in total. The molecule has 0 radical (unpaired) electrons. The number of furan rings is 1. The van der Waals surface area contributed by atoms with Gasteiger partial charge in [0.15, 0.2) is 5.16 Å². The highest BCUT2D eigenvalue weighted by Crippen LogP contribution is 2.25. The molecule has 6 heteroatoms. The number of ether oxygens (including phenoxy) is 1. The van der Waals surface area contributed by atoms with Crippen molar-refractivity contribution in [1.29, 1.82) is 0 Å². The van der Waals surface area contributed by atoms with E-state index >= 15 is 0 Å². The highest BCUT2D eigenvalue weighted by Gasteiger charge is 2.07. The summed E-state index contributed by atoms with van der Waals surface area (Å²) in [6.07, 6.45) is 0. The van der Waals surface area contributed by atoms with Crippen LogP contribution in [0.2, 0.25) is 0 Å². The van der Waals surface area contributed by atoms with Crippen LogP contribution in [-0.4, -0.2) is 17.1 Å². The molecule has 3 aromatic rings. The standard InChI is InChI=1S/C14H15N3O2S/c1-18-9-4-5-12-13(6-9)17-14(16-12)20-8-11-3-2-10(7-15)19-11/h2-6H,7-8,15H2,1H3,(H,16,17). The van der Waals surface area contributed by atoms with Gasteiger partial charge in [0.05, 0.1) is 30.4 Å². The molecule has 2 aromatic heterocycles. The van der Waals surface area contributed by atoms with Crippen molar-refractivity contribution >= 4 is 22.8 Å². The summed E-state index contributed by atoms with van der Waals surface area (Å²) in [7, 11) is 1.65. The average Bonchev–Trinajstić information content (AvgIpc) is 3.10. The van der Waals surface area contributed by atoms with E-state index in [4.69, 9.17) is 14.9 Å². The second-order valence-electron chi connectivity index (χ2n) is 4.29. The lowest BCUT2D eigenvalue weighted by molar-refractivity contribution is 0.415. The summed E-state index contributed by atoms with van der Waals surface area (Å²) >= 11 is 1.59. The second-order valence-corrected chi connectivity index (χ2v) is 5.25. The van der Waals surface area contributed by atoms with Crippen LogP contribution in [0.15, 0.2) is 39.9 Å². The van der Waals surface area contributed by atoms with E-state index in [2.05, 4.69) is 9.97 Å². The Balaban J connectivity index is 1.73. The van der Waals surface area contributed by atoms with Gasteiger partial charge in [0, 0.05) is 6.07 Å². The van der Waals surface area contributed by atoms with Crippen LogP contribution in [0.4, 0.5) is 0 Å². The number of rotatable bonds is 5. The zero-order valence-corrected chi connectivity index (χ0v) is 11.9. The fourth-order valence-corrected chi connectivity index (χ4v) is 2.69. The SMILES string of the molecule is COc1ccc2nc(SCc3ccc(CN)o3)[nH]c2c1. The Morgan fingerprint density at radius 2 is 2.15 bits per heavy atom. The first-order valence-electron chi connectivity index (χ1n) is 6.22. The minimum Gasteiger partial charge on any atom is -0.497 e. The summed E-state index contributed by atoms with van der Waals surface area (Å²) in [6, 6.07) is 9.62. The van der Waals surface area contributed by atoms with Crippen LogP contribution in [0.5, 0.6) is 5.75 Å². The van der Waals surface area contributed by atoms with Gasteiger partial charge >= 0.3 is 0 Å². The van der Waals surface area contributed by atoms with Gasteiger partial charge in [0.2, 0.25) is 0 Å². The summed E-state index contributed by atoms with van der Waals surface area (Å²) in [5, 5.41) is 0.860. The summed E-state index contributed by atoms with van der Waals surface area (Å²) < 4.78 is 10.8. The van der Waals surface area contributed by atoms with Gasteiger partial charge in [-0.3, -0.25) is 0 Å². The van der Waals surface area contributed by atoms with Gasteiger partial charge in [0.1, 0.15) is 17.3 Å². The Hall–Kier alpha value is -1.92. The molecule has 0 fully saturated rings. The number of benzene rings is 1. The zero-order valence-electron chi connectivity index (χ0n) is 11.1. The number of nitrogens with zero attached hydrogens (tertiary/aromatic N) is 1. The van der Waals surface area contributed by atoms with Gasteiger partial charge in [-0.2, -0.15) is 0 Å². The second kappa shape index (κ2) is 5.60. The number of aromatic amines is 1. The molecule has 3 rings (SSSR count). The predicted molar refractivity (Wildman–Crippen MR) is 78.8 cm³/mol. The predicted octanol–water partition coefficient (Wildman–Crippen LogP) is 2.92. The Morgan fingerprint density at radius 3 is 2.90 bits per heavy atom. The Labute approximate surface area is 120 Å². The van der Waals surface area contributed by atoms with Crippen molar-refractivity contribution in [3.63, 3.8) is 0 Å². The quantitative estimate of drug-likeness (QED) is 0.706. The molecule has 0 saturated heterocycles. The highest BCUT2D eigenvalue weighted by molar-refractivity contribution is 7.98. The number of aromatic nitrogens is 2. The van der Waals surface area contributed by atoms with Crippen LogP contribution in [0.1, 0.15) is 11.5 Å². The van der Waals surface area contributed by atoms with E-state index in [-0.39, 0.29) is 0 Å². The molecule has 0 unspecified atom stereocenters. The lowest BCUT2D eigenvalue weighted by Crippen LogP contribution is -1.92. The number of H-pyrrole nitrogens is 1. The number of imidazole rings is 1. The number of fused-ring (bicyclic) bond motifs is 1. The molecule has 0 aliphatic rings. The van der Waals surface area contributed by atoms with Crippen LogP contribution < -0.4 is 10.5 Å². The lowest BCUT2D eigenvalue weighted by atomic mass is 10.3. The fraction of sp³-hybridized carbons (Fsp3) is 0.214. The van der Waals surface area contributed by atoms with Gasteiger partial charge in [-0.05, 0) is 24.3 Å². The van der Waals surface area contributed by atoms with Crippen molar-refractivity contribution in [2.75, 3.05) is 7.11 Å². The number of methoxy groups -OCH3 is 1. The number of nitrogens with two attached hydrogens (primary N) is 1. The Morgan fingerprint density at radius 1 is 1.30 bits per heavy atom. The molecular formula is C14H15N3O2S. The summed E-state index contributed by atoms with van der Waals surface area (Å²) in [5.41, 5.74) is 7.41. The maximum absolute atomic E-state index is 5.56. The monoisotopic (exact) mass is 289 g/mol. The van der Waals surface area contributed by atoms with Crippen LogP contribution in [0, 0.1) is 0 Å². The third kappa shape index (κ3) is 2.66. The molecule has 0 atom stereocenters. The molecule has 0 aliphatic heterocycles. The Bertz CT molecular complexity index is 720. The minimum atomic E-state index is 0.426. The van der Waals surface area contributed by atoms with Gasteiger partial charge in [0.25, 0.3) is 0 Å². The lowest BCUT2D eigenvalue weighted by Gasteiger charge is -1.96. The van der Waals surface area contributed by atoms with E-state index in [1.165, 1.54) is 0 Å². The summed E-state index contributed by atoms with van der Waals surface area (Å²) in [4.78, 5) is 7.78. The van der Waals surface area contributed by atoms with Crippen molar-refractivity contribution in [3.8, 4) is 5.75 Å². The average molecular weight is 289 g/mol. The maximum atomic E-state index is 5.56. The molecular weight excluding hydrogens is 274 g/mol. The minimum absolute atomic E-state index is 0.426. The van der Waals surface area contributed by atoms with Crippen molar-refractivity contribution in [3.05, 3.63) is 41.9 Å². The molecule has 0 aliphatic carbocycles. The molecule has 1 aromatic carbocycles. The van der Waals surface area contributed by atoms with Gasteiger partial charge in [-0.25, -0.2) is 4.98 Å². The molecule has 2 heterocycles. The smallest absolute Gasteiger partial charge is 0.166 e. The first-order chi connectivity index (χ1) is 9.78. The van der Waals surface area contributed by atoms with E-state index < -0.39 is 0 Å². The highest BCUT2D eigenvalue weighted by atomic mass is 32.2. The van der Waals surface area contributed by atoms with Crippen molar-refractivity contribution < 1.29 is 9.15 Å². The van der Waals surface area contributed by atoms with Crippen LogP contribution in [0.25, 0.3) is 11.0 Å². The third-order valence-electron chi connectivity index (χ3n) is 2.94. The topological polar surface area (TPSA) is 77.1 Å². The summed E-state index contributed by atoms with van der Waals surface area (Å²) in [5.74, 6) is 3.23. The Kier molecular flexibility index (Phi) is 3.66. The van der Waals surface area contributed by atoms with Crippen LogP contribution >= 0.6 is 11.8 Å². The van der Waals surface area contributed by atoms with Gasteiger partial charge < -0.3 is 19.9 Å². The number of hydrogen-bond donors (Lipinski definition) is 2. The van der Waals surface area contributed by atoms with Gasteiger partial charge in [-0.1, -0.05) is 11.8 Å². The maximum Gasteiger partial charge on any atom is 0.166 e. The normalized spacial score (nSPS) is 11.1. The first kappa shape index (κ1) is 13.1. The molecule has 0 saturated carbocycles. The molecule has 0 bridgehead atoms. The van der Waals surface area contributed by atoms with Gasteiger partial charge in [-0.15, -0.1) is 0 Å². The molecule has 5 nitrogen and oxygen atoms in total. The largest absolute Gasteiger partial charge is 0.497 e. The summed E-state index contributed by atoms with van der Waals surface area (Å²) in [6.45, 7) is 0.426. The molecule has 0 spiro atoms. The van der Waals surface area contributed by atoms with E-state index in [1.54, 1.807) is 18.9 Å².